The molecule has 0 bridgehead atoms. The lowest BCUT2D eigenvalue weighted by Crippen LogP contribution is -2.31. The molecule has 3 heterocycles. The Morgan fingerprint density at radius 3 is 1.67 bits per heavy atom. The zero-order chi connectivity index (χ0) is 47.3. The first-order chi connectivity index (χ1) is 33.5. The molecule has 0 amide bonds. The molecule has 1 aliphatic heterocycles. The first-order valence-corrected chi connectivity index (χ1v) is 24.2. The molecule has 0 saturated heterocycles. The van der Waals surface area contributed by atoms with E-state index >= 15 is 0 Å². The van der Waals surface area contributed by atoms with Crippen LogP contribution >= 0.6 is 0 Å². The summed E-state index contributed by atoms with van der Waals surface area (Å²) in [6, 6.07) is 78.0. The third-order valence-electron chi connectivity index (χ3n) is 14.1. The van der Waals surface area contributed by atoms with Crippen molar-refractivity contribution in [1.29, 1.82) is 0 Å². The largest absolute Gasteiger partial charge is 0.328 e. The summed E-state index contributed by atoms with van der Waals surface area (Å²) in [6.45, 7) is 14.4. The van der Waals surface area contributed by atoms with E-state index in [4.69, 9.17) is 4.98 Å². The van der Waals surface area contributed by atoms with Gasteiger partial charge in [0.2, 0.25) is 0 Å². The van der Waals surface area contributed by atoms with Crippen molar-refractivity contribution >= 4 is 33.2 Å². The molecule has 11 rings (SSSR count). The fourth-order valence-corrected chi connectivity index (χ4v) is 10.6. The SMILES string of the molecule is CC(C)(C)c1ccc(-c2cnc(-n3c4ccccc4c4ccc(C(c5ccccc5)(c5ccccc5)c5cccc(N6C=CN(c7ccccc7-c7ccccc7)C6)c5)cc43)cc2C(C)(C)C)cc1. The number of benzene rings is 8. The van der Waals surface area contributed by atoms with Crippen LogP contribution in [-0.4, -0.2) is 16.2 Å². The quantitative estimate of drug-likeness (QED) is 0.135. The second-order valence-electron chi connectivity index (χ2n) is 20.5. The summed E-state index contributed by atoms with van der Waals surface area (Å²) in [5.74, 6) is 0.907. The van der Waals surface area contributed by atoms with Gasteiger partial charge in [-0.2, -0.15) is 0 Å². The van der Waals surface area contributed by atoms with Gasteiger partial charge in [0.15, 0.2) is 0 Å². The van der Waals surface area contributed by atoms with Gasteiger partial charge in [-0.15, -0.1) is 0 Å². The fraction of sp³-hybridized carbons (Fsp3) is 0.154. The average Bonchev–Trinajstić information content (AvgIpc) is 4.01. The molecule has 0 atom stereocenters. The molecule has 0 N–H and O–H groups in total. The van der Waals surface area contributed by atoms with Gasteiger partial charge in [0, 0.05) is 46.2 Å². The Balaban J connectivity index is 1.08. The summed E-state index contributed by atoms with van der Waals surface area (Å²) in [7, 11) is 0. The summed E-state index contributed by atoms with van der Waals surface area (Å²) in [5.41, 5.74) is 15.9. The van der Waals surface area contributed by atoms with Gasteiger partial charge in [0.05, 0.1) is 28.8 Å². The number of hydrogen-bond acceptors (Lipinski definition) is 3. The molecular formula is C65H58N4. The van der Waals surface area contributed by atoms with Gasteiger partial charge in [-0.25, -0.2) is 4.98 Å². The van der Waals surface area contributed by atoms with E-state index in [0.29, 0.717) is 6.67 Å². The van der Waals surface area contributed by atoms with Crippen LogP contribution in [0.2, 0.25) is 0 Å². The molecular weight excluding hydrogens is 837 g/mol. The minimum atomic E-state index is -0.690. The average molecular weight is 895 g/mol. The molecule has 4 nitrogen and oxygen atoms in total. The molecule has 0 saturated carbocycles. The summed E-state index contributed by atoms with van der Waals surface area (Å²) >= 11 is 0. The standard InChI is InChI=1S/C65H58N4/c1-63(2,3)48-35-33-47(34-36-48)57-44-66-62(43-58(57)64(4,5)6)69-60-32-19-17-30-55(60)56-38-37-52(42-61(56)69)65(49-23-12-8-13-24-49,50-25-14-9-15-26-50)51-27-20-28-53(41-51)67-39-40-68(45-67)59-31-18-16-29-54(59)46-21-10-7-11-22-46/h7-44H,45H2,1-6H3. The van der Waals surface area contributed by atoms with Gasteiger partial charge >= 0.3 is 0 Å². The smallest absolute Gasteiger partial charge is 0.137 e. The van der Waals surface area contributed by atoms with Gasteiger partial charge in [0.25, 0.3) is 0 Å². The Morgan fingerprint density at radius 2 is 0.971 bits per heavy atom. The van der Waals surface area contributed by atoms with E-state index in [1.807, 2.05) is 0 Å². The first kappa shape index (κ1) is 43.6. The second-order valence-corrected chi connectivity index (χ2v) is 20.5. The van der Waals surface area contributed by atoms with Crippen molar-refractivity contribution in [3.8, 4) is 28.1 Å². The van der Waals surface area contributed by atoms with Crippen molar-refractivity contribution in [3.63, 3.8) is 0 Å². The highest BCUT2D eigenvalue weighted by atomic mass is 15.3. The van der Waals surface area contributed by atoms with Crippen molar-refractivity contribution in [3.05, 3.63) is 264 Å². The van der Waals surface area contributed by atoms with Crippen LogP contribution in [0.15, 0.2) is 231 Å². The zero-order valence-corrected chi connectivity index (χ0v) is 40.4. The number of pyridine rings is 1. The molecule has 8 aromatic carbocycles. The molecule has 10 aromatic rings. The Kier molecular flexibility index (Phi) is 10.9. The number of anilines is 2. The summed E-state index contributed by atoms with van der Waals surface area (Å²) in [6.07, 6.45) is 6.52. The predicted molar refractivity (Wildman–Crippen MR) is 291 cm³/mol. The van der Waals surface area contributed by atoms with Crippen molar-refractivity contribution in [1.82, 2.24) is 9.55 Å². The van der Waals surface area contributed by atoms with Crippen LogP contribution in [-0.2, 0) is 16.2 Å². The minimum Gasteiger partial charge on any atom is -0.328 e. The van der Waals surface area contributed by atoms with Crippen molar-refractivity contribution in [2.75, 3.05) is 16.5 Å². The maximum Gasteiger partial charge on any atom is 0.137 e. The molecule has 0 radical (unpaired) electrons. The lowest BCUT2D eigenvalue weighted by Gasteiger charge is -2.37. The Morgan fingerprint density at radius 1 is 0.406 bits per heavy atom. The fourth-order valence-electron chi connectivity index (χ4n) is 10.6. The molecule has 0 spiro atoms. The Hall–Kier alpha value is -7.95. The van der Waals surface area contributed by atoms with E-state index in [-0.39, 0.29) is 10.8 Å². The first-order valence-electron chi connectivity index (χ1n) is 24.2. The van der Waals surface area contributed by atoms with Crippen LogP contribution in [0, 0.1) is 0 Å². The predicted octanol–water partition coefficient (Wildman–Crippen LogP) is 16.2. The molecule has 338 valence electrons. The van der Waals surface area contributed by atoms with Crippen molar-refractivity contribution < 1.29 is 0 Å². The molecule has 4 heteroatoms. The zero-order valence-electron chi connectivity index (χ0n) is 40.4. The summed E-state index contributed by atoms with van der Waals surface area (Å²) in [5, 5.41) is 2.39. The van der Waals surface area contributed by atoms with Crippen LogP contribution < -0.4 is 9.80 Å². The number of rotatable bonds is 9. The number of hydrogen-bond donors (Lipinski definition) is 0. The van der Waals surface area contributed by atoms with E-state index in [1.54, 1.807) is 0 Å². The highest BCUT2D eigenvalue weighted by molar-refractivity contribution is 6.09. The van der Waals surface area contributed by atoms with Gasteiger partial charge in [-0.1, -0.05) is 217 Å². The summed E-state index contributed by atoms with van der Waals surface area (Å²) < 4.78 is 2.39. The molecule has 69 heavy (non-hydrogen) atoms. The van der Waals surface area contributed by atoms with E-state index in [1.165, 1.54) is 66.5 Å². The van der Waals surface area contributed by atoms with Crippen LogP contribution in [0.25, 0.3) is 49.9 Å². The minimum absolute atomic E-state index is 0.0771. The molecule has 0 unspecified atom stereocenters. The van der Waals surface area contributed by atoms with Gasteiger partial charge in [-0.3, -0.25) is 4.57 Å². The molecule has 0 fully saturated rings. The lowest BCUT2D eigenvalue weighted by molar-refractivity contribution is 0.588. The maximum absolute atomic E-state index is 5.36. The van der Waals surface area contributed by atoms with Crippen molar-refractivity contribution in [2.24, 2.45) is 0 Å². The topological polar surface area (TPSA) is 24.3 Å². The second kappa shape index (κ2) is 17.3. The third kappa shape index (κ3) is 7.80. The molecule has 2 aromatic heterocycles. The maximum atomic E-state index is 5.36. The van der Waals surface area contributed by atoms with E-state index in [0.717, 1.165) is 28.1 Å². The van der Waals surface area contributed by atoms with E-state index < -0.39 is 5.41 Å². The monoisotopic (exact) mass is 894 g/mol. The Labute approximate surface area is 407 Å². The van der Waals surface area contributed by atoms with Crippen LogP contribution in [0.3, 0.4) is 0 Å². The summed E-state index contributed by atoms with van der Waals surface area (Å²) in [4.78, 5) is 10.1. The number of nitrogens with zero attached hydrogens (tertiary/aromatic N) is 4. The Bertz CT molecular complexity index is 3440. The lowest BCUT2D eigenvalue weighted by atomic mass is 9.65. The van der Waals surface area contributed by atoms with Gasteiger partial charge in [0.1, 0.15) is 5.82 Å². The van der Waals surface area contributed by atoms with Gasteiger partial charge < -0.3 is 9.80 Å². The van der Waals surface area contributed by atoms with Crippen LogP contribution in [0.5, 0.6) is 0 Å². The van der Waals surface area contributed by atoms with E-state index in [9.17, 15) is 0 Å². The highest BCUT2D eigenvalue weighted by Gasteiger charge is 2.39. The molecule has 1 aliphatic rings. The number of aromatic nitrogens is 2. The van der Waals surface area contributed by atoms with Gasteiger partial charge in [-0.05, 0) is 91.7 Å². The third-order valence-corrected chi connectivity index (χ3v) is 14.1. The van der Waals surface area contributed by atoms with Crippen LogP contribution in [0.4, 0.5) is 11.4 Å². The van der Waals surface area contributed by atoms with Crippen LogP contribution in [0.1, 0.15) is 74.9 Å². The van der Waals surface area contributed by atoms with Crippen molar-refractivity contribution in [2.45, 2.75) is 57.8 Å². The number of fused-ring (bicyclic) bond motifs is 3. The molecule has 0 aliphatic carbocycles. The number of para-hydroxylation sites is 2. The van der Waals surface area contributed by atoms with E-state index in [2.05, 4.69) is 287 Å². The highest BCUT2D eigenvalue weighted by Crippen LogP contribution is 2.48. The normalized spacial score (nSPS) is 13.2.